The SMILES string of the molecule is CCNCc1ccc(S(=O)(=O)N2CCOCC2CC)o1. The van der Waals surface area contributed by atoms with Gasteiger partial charge in [0.25, 0.3) is 10.0 Å². The third kappa shape index (κ3) is 3.22. The van der Waals surface area contributed by atoms with Gasteiger partial charge in [-0.2, -0.15) is 4.31 Å². The highest BCUT2D eigenvalue weighted by Gasteiger charge is 2.35. The third-order valence-electron chi connectivity index (χ3n) is 3.39. The van der Waals surface area contributed by atoms with Crippen LogP contribution in [-0.2, 0) is 21.3 Å². The summed E-state index contributed by atoms with van der Waals surface area (Å²) in [4.78, 5) is 0. The molecule has 7 heteroatoms. The molecule has 1 fully saturated rings. The van der Waals surface area contributed by atoms with E-state index >= 15 is 0 Å². The summed E-state index contributed by atoms with van der Waals surface area (Å²) >= 11 is 0. The second kappa shape index (κ2) is 6.71. The maximum Gasteiger partial charge on any atom is 0.276 e. The Kier molecular flexibility index (Phi) is 5.20. The van der Waals surface area contributed by atoms with Gasteiger partial charge in [0.15, 0.2) is 0 Å². The first-order valence-corrected chi connectivity index (χ1v) is 8.42. The van der Waals surface area contributed by atoms with Crippen molar-refractivity contribution in [3.63, 3.8) is 0 Å². The van der Waals surface area contributed by atoms with Gasteiger partial charge in [-0.3, -0.25) is 0 Å². The molecule has 1 aliphatic heterocycles. The minimum absolute atomic E-state index is 0.0192. The van der Waals surface area contributed by atoms with Crippen molar-refractivity contribution in [1.29, 1.82) is 0 Å². The molecule has 0 aromatic carbocycles. The molecule has 1 saturated heterocycles. The largest absolute Gasteiger partial charge is 0.447 e. The number of nitrogens with zero attached hydrogens (tertiary/aromatic N) is 1. The van der Waals surface area contributed by atoms with Crippen LogP contribution in [0.15, 0.2) is 21.6 Å². The molecule has 20 heavy (non-hydrogen) atoms. The molecule has 6 nitrogen and oxygen atoms in total. The highest BCUT2D eigenvalue weighted by Crippen LogP contribution is 2.23. The Balaban J connectivity index is 2.18. The first-order valence-electron chi connectivity index (χ1n) is 6.98. The molecule has 1 aromatic heterocycles. The van der Waals surface area contributed by atoms with E-state index in [4.69, 9.17) is 9.15 Å². The fraction of sp³-hybridized carbons (Fsp3) is 0.692. The van der Waals surface area contributed by atoms with E-state index in [1.54, 1.807) is 6.07 Å². The molecule has 0 bridgehead atoms. The van der Waals surface area contributed by atoms with E-state index < -0.39 is 10.0 Å². The minimum atomic E-state index is -3.57. The van der Waals surface area contributed by atoms with Crippen molar-refractivity contribution < 1.29 is 17.6 Å². The summed E-state index contributed by atoms with van der Waals surface area (Å²) in [7, 11) is -3.57. The quantitative estimate of drug-likeness (QED) is 0.854. The number of nitrogens with one attached hydrogen (secondary N) is 1. The Morgan fingerprint density at radius 1 is 1.40 bits per heavy atom. The number of hydrogen-bond donors (Lipinski definition) is 1. The van der Waals surface area contributed by atoms with Gasteiger partial charge in [0.05, 0.1) is 19.8 Å². The van der Waals surface area contributed by atoms with Crippen LogP contribution in [-0.4, -0.2) is 45.1 Å². The van der Waals surface area contributed by atoms with Crippen LogP contribution in [0.1, 0.15) is 26.0 Å². The Morgan fingerprint density at radius 2 is 2.20 bits per heavy atom. The molecule has 0 saturated carbocycles. The first-order chi connectivity index (χ1) is 9.59. The molecule has 2 heterocycles. The Morgan fingerprint density at radius 3 is 2.90 bits per heavy atom. The molecule has 0 aliphatic carbocycles. The van der Waals surface area contributed by atoms with Crippen molar-refractivity contribution in [2.24, 2.45) is 0 Å². The molecular formula is C13H22N2O4S. The van der Waals surface area contributed by atoms with Gasteiger partial charge >= 0.3 is 0 Å². The smallest absolute Gasteiger partial charge is 0.276 e. The second-order valence-corrected chi connectivity index (χ2v) is 6.58. The Bertz CT molecular complexity index is 526. The molecule has 2 rings (SSSR count). The summed E-state index contributed by atoms with van der Waals surface area (Å²) in [6, 6.07) is 3.12. The van der Waals surface area contributed by atoms with E-state index in [0.29, 0.717) is 32.1 Å². The number of ether oxygens (including phenoxy) is 1. The van der Waals surface area contributed by atoms with Crippen LogP contribution >= 0.6 is 0 Å². The zero-order chi connectivity index (χ0) is 14.6. The predicted molar refractivity (Wildman–Crippen MR) is 74.9 cm³/mol. The van der Waals surface area contributed by atoms with Crippen molar-refractivity contribution in [3.05, 3.63) is 17.9 Å². The number of sulfonamides is 1. The maximum absolute atomic E-state index is 12.6. The second-order valence-electron chi connectivity index (χ2n) is 4.75. The lowest BCUT2D eigenvalue weighted by Crippen LogP contribution is -2.48. The maximum atomic E-state index is 12.6. The fourth-order valence-corrected chi connectivity index (χ4v) is 3.83. The lowest BCUT2D eigenvalue weighted by Gasteiger charge is -2.33. The monoisotopic (exact) mass is 302 g/mol. The van der Waals surface area contributed by atoms with Crippen LogP contribution in [0, 0.1) is 0 Å². The van der Waals surface area contributed by atoms with Gasteiger partial charge in [-0.15, -0.1) is 0 Å². The van der Waals surface area contributed by atoms with Gasteiger partial charge < -0.3 is 14.5 Å². The number of hydrogen-bond acceptors (Lipinski definition) is 5. The topological polar surface area (TPSA) is 71.8 Å². The van der Waals surface area contributed by atoms with Crippen molar-refractivity contribution in [2.45, 2.75) is 37.9 Å². The van der Waals surface area contributed by atoms with Gasteiger partial charge in [-0.05, 0) is 25.1 Å². The lowest BCUT2D eigenvalue weighted by molar-refractivity contribution is 0.0307. The Hall–Kier alpha value is -0.890. The van der Waals surface area contributed by atoms with E-state index in [9.17, 15) is 8.42 Å². The lowest BCUT2D eigenvalue weighted by atomic mass is 10.2. The van der Waals surface area contributed by atoms with Gasteiger partial charge in [-0.25, -0.2) is 8.42 Å². The summed E-state index contributed by atoms with van der Waals surface area (Å²) in [6.45, 7) is 6.54. The molecule has 1 N–H and O–H groups in total. The van der Waals surface area contributed by atoms with Crippen molar-refractivity contribution in [3.8, 4) is 0 Å². The average molecular weight is 302 g/mol. The van der Waals surface area contributed by atoms with Crippen molar-refractivity contribution in [2.75, 3.05) is 26.3 Å². The molecule has 1 aliphatic rings. The molecule has 0 spiro atoms. The van der Waals surface area contributed by atoms with Gasteiger partial charge in [0.2, 0.25) is 5.09 Å². The Labute approximate surface area is 120 Å². The van der Waals surface area contributed by atoms with E-state index in [1.807, 2.05) is 13.8 Å². The number of furan rings is 1. The zero-order valence-corrected chi connectivity index (χ0v) is 12.8. The van der Waals surface area contributed by atoms with Crippen LogP contribution in [0.5, 0.6) is 0 Å². The molecule has 0 radical (unpaired) electrons. The summed E-state index contributed by atoms with van der Waals surface area (Å²) in [5, 5.41) is 3.13. The van der Waals surface area contributed by atoms with Crippen molar-refractivity contribution in [1.82, 2.24) is 9.62 Å². The summed E-state index contributed by atoms with van der Waals surface area (Å²) in [6.07, 6.45) is 0.726. The third-order valence-corrected chi connectivity index (χ3v) is 5.22. The molecule has 1 unspecified atom stereocenters. The van der Waals surface area contributed by atoms with Crippen LogP contribution in [0.2, 0.25) is 0 Å². The van der Waals surface area contributed by atoms with Gasteiger partial charge in [0.1, 0.15) is 5.76 Å². The van der Waals surface area contributed by atoms with E-state index in [0.717, 1.165) is 13.0 Å². The summed E-state index contributed by atoms with van der Waals surface area (Å²) in [5.41, 5.74) is 0. The number of morpholine rings is 1. The molecular weight excluding hydrogens is 280 g/mol. The van der Waals surface area contributed by atoms with Gasteiger partial charge in [-0.1, -0.05) is 13.8 Å². The predicted octanol–water partition coefficient (Wildman–Crippen LogP) is 1.19. The highest BCUT2D eigenvalue weighted by atomic mass is 32.2. The first kappa shape index (κ1) is 15.5. The molecule has 1 atom stereocenters. The normalized spacial score (nSPS) is 21.2. The minimum Gasteiger partial charge on any atom is -0.447 e. The number of rotatable bonds is 6. The molecule has 114 valence electrons. The molecule has 0 amide bonds. The van der Waals surface area contributed by atoms with Crippen molar-refractivity contribution >= 4 is 10.0 Å². The van der Waals surface area contributed by atoms with E-state index in [-0.39, 0.29) is 11.1 Å². The van der Waals surface area contributed by atoms with Crippen LogP contribution < -0.4 is 5.32 Å². The fourth-order valence-electron chi connectivity index (χ4n) is 2.23. The van der Waals surface area contributed by atoms with E-state index in [1.165, 1.54) is 10.4 Å². The summed E-state index contributed by atoms with van der Waals surface area (Å²) in [5.74, 6) is 0.631. The van der Waals surface area contributed by atoms with Gasteiger partial charge in [0, 0.05) is 12.6 Å². The highest BCUT2D eigenvalue weighted by molar-refractivity contribution is 7.89. The standard InChI is InChI=1S/C13H22N2O4S/c1-3-11-10-18-8-7-15(11)20(16,17)13-6-5-12(19-13)9-14-4-2/h5-6,11,14H,3-4,7-10H2,1-2H3. The molecule has 1 aromatic rings. The van der Waals surface area contributed by atoms with Crippen LogP contribution in [0.25, 0.3) is 0 Å². The van der Waals surface area contributed by atoms with Crippen LogP contribution in [0.4, 0.5) is 0 Å². The van der Waals surface area contributed by atoms with E-state index in [2.05, 4.69) is 5.32 Å². The average Bonchev–Trinajstić information content (AvgIpc) is 2.94. The summed E-state index contributed by atoms with van der Waals surface area (Å²) < 4.78 is 37.5. The zero-order valence-electron chi connectivity index (χ0n) is 12.0. The van der Waals surface area contributed by atoms with Crippen LogP contribution in [0.3, 0.4) is 0 Å².